The van der Waals surface area contributed by atoms with Gasteiger partial charge in [0, 0.05) is 17.1 Å². The molecule has 0 atom stereocenters. The van der Waals surface area contributed by atoms with E-state index in [4.69, 9.17) is 21.1 Å². The third kappa shape index (κ3) is 5.73. The van der Waals surface area contributed by atoms with Crippen molar-refractivity contribution in [2.75, 3.05) is 13.7 Å². The number of hydrogen-bond acceptors (Lipinski definition) is 3. The van der Waals surface area contributed by atoms with Crippen LogP contribution in [0.1, 0.15) is 31.4 Å². The van der Waals surface area contributed by atoms with E-state index in [9.17, 15) is 0 Å². The van der Waals surface area contributed by atoms with Crippen LogP contribution < -0.4 is 14.8 Å². The van der Waals surface area contributed by atoms with E-state index in [0.29, 0.717) is 17.5 Å². The zero-order valence-electron chi connectivity index (χ0n) is 14.6. The highest BCUT2D eigenvalue weighted by Gasteiger charge is 2.07. The molecule has 0 unspecified atom stereocenters. The van der Waals surface area contributed by atoms with Gasteiger partial charge in [-0.1, -0.05) is 49.7 Å². The maximum atomic E-state index is 6.16. The summed E-state index contributed by atoms with van der Waals surface area (Å²) in [4.78, 5) is 0. The lowest BCUT2D eigenvalue weighted by Gasteiger charge is -2.13. The lowest BCUT2D eigenvalue weighted by molar-refractivity contribution is 0.284. The predicted octanol–water partition coefficient (Wildman–Crippen LogP) is 5.06. The SMILES string of the molecule is COc1cc(CNCCC(C)C)ccc1OCc1ccccc1Cl. The van der Waals surface area contributed by atoms with Gasteiger partial charge in [0.1, 0.15) is 6.61 Å². The highest BCUT2D eigenvalue weighted by atomic mass is 35.5. The van der Waals surface area contributed by atoms with Crippen LogP contribution in [-0.4, -0.2) is 13.7 Å². The van der Waals surface area contributed by atoms with E-state index in [-0.39, 0.29) is 0 Å². The molecule has 2 aromatic carbocycles. The highest BCUT2D eigenvalue weighted by molar-refractivity contribution is 6.31. The summed E-state index contributed by atoms with van der Waals surface area (Å²) < 4.78 is 11.3. The first-order valence-electron chi connectivity index (χ1n) is 8.34. The lowest BCUT2D eigenvalue weighted by atomic mass is 10.1. The summed E-state index contributed by atoms with van der Waals surface area (Å²) >= 11 is 6.16. The van der Waals surface area contributed by atoms with Gasteiger partial charge in [0.2, 0.25) is 0 Å². The van der Waals surface area contributed by atoms with Crippen LogP contribution in [-0.2, 0) is 13.2 Å². The molecule has 0 fully saturated rings. The molecule has 4 heteroatoms. The topological polar surface area (TPSA) is 30.5 Å². The van der Waals surface area contributed by atoms with Crippen LogP contribution in [0.4, 0.5) is 0 Å². The number of rotatable bonds is 9. The molecular weight excluding hydrogens is 322 g/mol. The minimum absolute atomic E-state index is 0.419. The Morgan fingerprint density at radius 2 is 1.88 bits per heavy atom. The molecule has 1 N–H and O–H groups in total. The normalized spacial score (nSPS) is 10.9. The van der Waals surface area contributed by atoms with Gasteiger partial charge in [-0.25, -0.2) is 0 Å². The largest absolute Gasteiger partial charge is 0.493 e. The van der Waals surface area contributed by atoms with Crippen molar-refractivity contribution in [3.8, 4) is 11.5 Å². The van der Waals surface area contributed by atoms with E-state index in [1.807, 2.05) is 36.4 Å². The third-order valence-electron chi connectivity index (χ3n) is 3.80. The van der Waals surface area contributed by atoms with Gasteiger partial charge in [0.25, 0.3) is 0 Å². The fourth-order valence-corrected chi connectivity index (χ4v) is 2.53. The summed E-state index contributed by atoms with van der Waals surface area (Å²) in [6.45, 7) is 6.73. The first kappa shape index (κ1) is 18.6. The number of methoxy groups -OCH3 is 1. The average Bonchev–Trinajstić information content (AvgIpc) is 2.58. The second-order valence-electron chi connectivity index (χ2n) is 6.22. The van der Waals surface area contributed by atoms with Crippen molar-refractivity contribution in [3.05, 3.63) is 58.6 Å². The zero-order chi connectivity index (χ0) is 17.4. The number of benzene rings is 2. The van der Waals surface area contributed by atoms with Crippen molar-refractivity contribution >= 4 is 11.6 Å². The van der Waals surface area contributed by atoms with E-state index >= 15 is 0 Å². The van der Waals surface area contributed by atoms with Crippen molar-refractivity contribution in [1.82, 2.24) is 5.32 Å². The third-order valence-corrected chi connectivity index (χ3v) is 4.17. The Morgan fingerprint density at radius 3 is 2.58 bits per heavy atom. The molecular formula is C20H26ClNO2. The van der Waals surface area contributed by atoms with E-state index in [1.165, 1.54) is 12.0 Å². The summed E-state index contributed by atoms with van der Waals surface area (Å²) in [6.07, 6.45) is 1.18. The summed E-state index contributed by atoms with van der Waals surface area (Å²) in [7, 11) is 1.66. The van der Waals surface area contributed by atoms with Crippen molar-refractivity contribution in [1.29, 1.82) is 0 Å². The molecule has 0 aliphatic carbocycles. The number of halogens is 1. The fraction of sp³-hybridized carbons (Fsp3) is 0.400. The first-order chi connectivity index (χ1) is 11.6. The monoisotopic (exact) mass is 347 g/mol. The van der Waals surface area contributed by atoms with Crippen LogP contribution in [0, 0.1) is 5.92 Å². The maximum absolute atomic E-state index is 6.16. The second kappa shape index (κ2) is 9.55. The van der Waals surface area contributed by atoms with Crippen molar-refractivity contribution in [2.45, 2.75) is 33.4 Å². The Morgan fingerprint density at radius 1 is 1.08 bits per heavy atom. The van der Waals surface area contributed by atoms with Crippen LogP contribution in [0.25, 0.3) is 0 Å². The smallest absolute Gasteiger partial charge is 0.161 e. The van der Waals surface area contributed by atoms with Crippen molar-refractivity contribution in [2.24, 2.45) is 5.92 Å². The number of nitrogens with one attached hydrogen (secondary N) is 1. The minimum Gasteiger partial charge on any atom is -0.493 e. The van der Waals surface area contributed by atoms with E-state index < -0.39 is 0 Å². The van der Waals surface area contributed by atoms with Crippen LogP contribution in [0.15, 0.2) is 42.5 Å². The van der Waals surface area contributed by atoms with Gasteiger partial charge in [0.05, 0.1) is 7.11 Å². The summed E-state index contributed by atoms with van der Waals surface area (Å²) in [5.41, 5.74) is 2.14. The Balaban J connectivity index is 1.94. The molecule has 0 saturated heterocycles. The molecule has 24 heavy (non-hydrogen) atoms. The van der Waals surface area contributed by atoms with Crippen LogP contribution in [0.2, 0.25) is 5.02 Å². The van der Waals surface area contributed by atoms with Gasteiger partial charge in [-0.3, -0.25) is 0 Å². The Hall–Kier alpha value is -1.71. The van der Waals surface area contributed by atoms with Gasteiger partial charge in [-0.05, 0) is 42.6 Å². The van der Waals surface area contributed by atoms with Crippen LogP contribution >= 0.6 is 11.6 Å². The van der Waals surface area contributed by atoms with Gasteiger partial charge in [-0.2, -0.15) is 0 Å². The van der Waals surface area contributed by atoms with Crippen LogP contribution in [0.5, 0.6) is 11.5 Å². The Bertz CT molecular complexity index is 643. The maximum Gasteiger partial charge on any atom is 0.161 e. The average molecular weight is 348 g/mol. The van der Waals surface area contributed by atoms with Crippen LogP contribution in [0.3, 0.4) is 0 Å². The number of hydrogen-bond donors (Lipinski definition) is 1. The van der Waals surface area contributed by atoms with Gasteiger partial charge >= 0.3 is 0 Å². The molecule has 0 radical (unpaired) electrons. The molecule has 0 heterocycles. The molecule has 2 aromatic rings. The Kier molecular flexibility index (Phi) is 7.41. The van der Waals surface area contributed by atoms with E-state index in [2.05, 4.69) is 25.2 Å². The Labute approximate surface area is 149 Å². The van der Waals surface area contributed by atoms with E-state index in [1.54, 1.807) is 7.11 Å². The molecule has 0 amide bonds. The molecule has 0 aromatic heterocycles. The molecule has 2 rings (SSSR count). The lowest BCUT2D eigenvalue weighted by Crippen LogP contribution is -2.16. The molecule has 0 aliphatic heterocycles. The first-order valence-corrected chi connectivity index (χ1v) is 8.71. The minimum atomic E-state index is 0.419. The molecule has 0 saturated carbocycles. The zero-order valence-corrected chi connectivity index (χ0v) is 15.4. The number of ether oxygens (including phenoxy) is 2. The highest BCUT2D eigenvalue weighted by Crippen LogP contribution is 2.29. The van der Waals surface area contributed by atoms with Gasteiger partial charge in [0.15, 0.2) is 11.5 Å². The van der Waals surface area contributed by atoms with Gasteiger partial charge in [-0.15, -0.1) is 0 Å². The fourth-order valence-electron chi connectivity index (χ4n) is 2.34. The quantitative estimate of drug-likeness (QED) is 0.643. The molecule has 0 bridgehead atoms. The molecule has 130 valence electrons. The van der Waals surface area contributed by atoms with Gasteiger partial charge < -0.3 is 14.8 Å². The summed E-state index contributed by atoms with van der Waals surface area (Å²) in [5.74, 6) is 2.18. The summed E-state index contributed by atoms with van der Waals surface area (Å²) in [6, 6.07) is 13.7. The molecule has 0 spiro atoms. The van der Waals surface area contributed by atoms with Crippen molar-refractivity contribution < 1.29 is 9.47 Å². The predicted molar refractivity (Wildman–Crippen MR) is 99.9 cm³/mol. The van der Waals surface area contributed by atoms with Crippen molar-refractivity contribution in [3.63, 3.8) is 0 Å². The molecule has 0 aliphatic rings. The molecule has 3 nitrogen and oxygen atoms in total. The van der Waals surface area contributed by atoms with E-state index in [0.717, 1.165) is 30.2 Å². The summed E-state index contributed by atoms with van der Waals surface area (Å²) in [5, 5.41) is 4.17. The second-order valence-corrected chi connectivity index (χ2v) is 6.63. The standard InChI is InChI=1S/C20H26ClNO2/c1-15(2)10-11-22-13-16-8-9-19(20(12-16)23-3)24-14-17-6-4-5-7-18(17)21/h4-9,12,15,22H,10-11,13-14H2,1-3H3.